The van der Waals surface area contributed by atoms with Crippen LogP contribution in [-0.2, 0) is 25.5 Å². The number of nitrogens with one attached hydrogen (secondary N) is 1. The lowest BCUT2D eigenvalue weighted by atomic mass is 9.73. The Morgan fingerprint density at radius 1 is 1.32 bits per heavy atom. The van der Waals surface area contributed by atoms with Crippen LogP contribution in [0.1, 0.15) is 37.1 Å². The number of methoxy groups -OCH3 is 2. The molecule has 0 bridgehead atoms. The first kappa shape index (κ1) is 18.6. The van der Waals surface area contributed by atoms with E-state index in [9.17, 15) is 9.59 Å². The monoisotopic (exact) mass is 382 g/mol. The molecule has 1 amide bonds. The van der Waals surface area contributed by atoms with E-state index >= 15 is 0 Å². The summed E-state index contributed by atoms with van der Waals surface area (Å²) in [4.78, 5) is 31.3. The summed E-state index contributed by atoms with van der Waals surface area (Å²) in [6.07, 6.45) is 3.64. The van der Waals surface area contributed by atoms with Crippen LogP contribution in [0.25, 0.3) is 10.9 Å². The maximum absolute atomic E-state index is 13.3. The van der Waals surface area contributed by atoms with E-state index in [0.717, 1.165) is 17.6 Å². The number of nitrogens with zero attached hydrogens (tertiary/aromatic N) is 1. The molecular weight excluding hydrogens is 356 g/mol. The number of carbonyl (C=O) groups excluding carboxylic acids is 2. The molecule has 0 spiro atoms. The highest BCUT2D eigenvalue weighted by Gasteiger charge is 2.47. The second-order valence-electron chi connectivity index (χ2n) is 7.52. The number of ether oxygens (including phenoxy) is 2. The second kappa shape index (κ2) is 7.34. The number of H-pyrrole nitrogens is 1. The van der Waals surface area contributed by atoms with Gasteiger partial charge in [-0.15, -0.1) is 0 Å². The average Bonchev–Trinajstić information content (AvgIpc) is 3.10. The number of aromatic amines is 1. The minimum Gasteiger partial charge on any atom is -0.504 e. The second-order valence-corrected chi connectivity index (χ2v) is 7.52. The van der Waals surface area contributed by atoms with Gasteiger partial charge in [0.15, 0.2) is 0 Å². The Morgan fingerprint density at radius 3 is 2.82 bits per heavy atom. The van der Waals surface area contributed by atoms with Gasteiger partial charge in [-0.3, -0.25) is 4.79 Å². The van der Waals surface area contributed by atoms with Crippen LogP contribution < -0.4 is 0 Å². The normalized spacial score (nSPS) is 24.7. The Hall–Kier alpha value is -2.76. The number of esters is 1. The van der Waals surface area contributed by atoms with Gasteiger partial charge in [-0.1, -0.05) is 25.1 Å². The number of carbonyl (C=O) groups is 2. The summed E-state index contributed by atoms with van der Waals surface area (Å²) in [5, 5.41) is 1.22. The van der Waals surface area contributed by atoms with Crippen molar-refractivity contribution in [3.8, 4) is 0 Å². The summed E-state index contributed by atoms with van der Waals surface area (Å²) in [5.41, 5.74) is 3.92. The van der Waals surface area contributed by atoms with Crippen molar-refractivity contribution >= 4 is 22.8 Å². The average molecular weight is 382 g/mol. The Balaban J connectivity index is 1.79. The molecule has 1 aromatic heterocycles. The number of benzene rings is 1. The van der Waals surface area contributed by atoms with Crippen LogP contribution in [0, 0.1) is 11.8 Å². The Bertz CT molecular complexity index is 945. The zero-order chi connectivity index (χ0) is 19.8. The molecule has 148 valence electrons. The quantitative estimate of drug-likeness (QED) is 0.500. The summed E-state index contributed by atoms with van der Waals surface area (Å²) in [6, 6.07) is 8.19. The third-order valence-electron chi connectivity index (χ3n) is 6.23. The summed E-state index contributed by atoms with van der Waals surface area (Å²) in [7, 11) is 2.87. The molecule has 0 saturated carbocycles. The van der Waals surface area contributed by atoms with Crippen molar-refractivity contribution in [1.29, 1.82) is 0 Å². The van der Waals surface area contributed by atoms with E-state index in [0.29, 0.717) is 25.0 Å². The van der Waals surface area contributed by atoms with E-state index in [-0.39, 0.29) is 23.8 Å². The molecule has 1 saturated heterocycles. The molecule has 6 nitrogen and oxygen atoms in total. The van der Waals surface area contributed by atoms with E-state index < -0.39 is 5.97 Å². The van der Waals surface area contributed by atoms with Gasteiger partial charge in [0.25, 0.3) is 0 Å². The third kappa shape index (κ3) is 2.79. The smallest absolute Gasteiger partial charge is 0.337 e. The van der Waals surface area contributed by atoms with Crippen molar-refractivity contribution in [1.82, 2.24) is 9.88 Å². The molecule has 0 radical (unpaired) electrons. The standard InChI is InChI=1S/C22H26N2O4/c1-4-13-16(17(12-27-2)22(26)28-3)11-19-20-15(9-10-24(19)21(13)25)14-7-5-6-8-18(14)23-20/h5-8,12-13,16,19,23H,4,9-11H2,1-3H3. The summed E-state index contributed by atoms with van der Waals surface area (Å²) < 4.78 is 10.1. The van der Waals surface area contributed by atoms with Crippen molar-refractivity contribution < 1.29 is 19.1 Å². The van der Waals surface area contributed by atoms with E-state index in [1.54, 1.807) is 0 Å². The van der Waals surface area contributed by atoms with Crippen molar-refractivity contribution in [3.05, 3.63) is 47.4 Å². The summed E-state index contributed by atoms with van der Waals surface area (Å²) in [5.74, 6) is -0.801. The lowest BCUT2D eigenvalue weighted by Crippen LogP contribution is -2.50. The van der Waals surface area contributed by atoms with E-state index in [2.05, 4.69) is 17.1 Å². The molecule has 3 heterocycles. The Morgan fingerprint density at radius 2 is 2.11 bits per heavy atom. The van der Waals surface area contributed by atoms with E-state index in [1.165, 1.54) is 31.4 Å². The Kier molecular flexibility index (Phi) is 4.87. The first-order valence-electron chi connectivity index (χ1n) is 9.81. The SMILES string of the molecule is CCC1C(=O)N2CCc3c([nH]c4ccccc34)C2CC1C(=COC)C(=O)OC. The molecule has 2 aliphatic heterocycles. The topological polar surface area (TPSA) is 71.6 Å². The Labute approximate surface area is 164 Å². The zero-order valence-electron chi connectivity index (χ0n) is 16.5. The molecule has 1 aromatic carbocycles. The molecule has 3 atom stereocenters. The van der Waals surface area contributed by atoms with Crippen molar-refractivity contribution in [2.45, 2.75) is 32.2 Å². The molecule has 1 N–H and O–H groups in total. The molecule has 1 fully saturated rings. The van der Waals surface area contributed by atoms with Gasteiger partial charge in [0.2, 0.25) is 5.91 Å². The zero-order valence-corrected chi connectivity index (χ0v) is 16.5. The first-order valence-corrected chi connectivity index (χ1v) is 9.81. The van der Waals surface area contributed by atoms with E-state index in [4.69, 9.17) is 9.47 Å². The van der Waals surface area contributed by atoms with Gasteiger partial charge in [-0.25, -0.2) is 4.79 Å². The number of rotatable bonds is 4. The molecular formula is C22H26N2O4. The number of aromatic nitrogens is 1. The molecule has 4 rings (SSSR count). The maximum atomic E-state index is 13.3. The highest BCUT2D eigenvalue weighted by atomic mass is 16.5. The van der Waals surface area contributed by atoms with Crippen molar-refractivity contribution in [2.75, 3.05) is 20.8 Å². The predicted octanol–water partition coefficient (Wildman–Crippen LogP) is 3.34. The molecule has 3 unspecified atom stereocenters. The molecule has 28 heavy (non-hydrogen) atoms. The van der Waals surface area contributed by atoms with Gasteiger partial charge in [-0.2, -0.15) is 0 Å². The molecule has 2 aromatic rings. The number of fused-ring (bicyclic) bond motifs is 5. The van der Waals surface area contributed by atoms with Crippen LogP contribution in [0.15, 0.2) is 36.1 Å². The van der Waals surface area contributed by atoms with E-state index in [1.807, 2.05) is 24.0 Å². The lowest BCUT2D eigenvalue weighted by Gasteiger charge is -2.45. The number of hydrogen-bond donors (Lipinski definition) is 1. The van der Waals surface area contributed by atoms with Gasteiger partial charge in [0.1, 0.15) is 0 Å². The van der Waals surface area contributed by atoms with Gasteiger partial charge in [0, 0.05) is 35.0 Å². The fourth-order valence-corrected chi connectivity index (χ4v) is 4.95. The predicted molar refractivity (Wildman–Crippen MR) is 105 cm³/mol. The largest absolute Gasteiger partial charge is 0.504 e. The number of para-hydroxylation sites is 1. The van der Waals surface area contributed by atoms with Crippen LogP contribution in [0.2, 0.25) is 0 Å². The van der Waals surface area contributed by atoms with Crippen LogP contribution in [-0.4, -0.2) is 42.5 Å². The van der Waals surface area contributed by atoms with Gasteiger partial charge in [-0.05, 0) is 30.9 Å². The van der Waals surface area contributed by atoms with Gasteiger partial charge in [0.05, 0.1) is 32.1 Å². The van der Waals surface area contributed by atoms with Gasteiger partial charge < -0.3 is 19.4 Å². The van der Waals surface area contributed by atoms with Crippen molar-refractivity contribution in [2.24, 2.45) is 11.8 Å². The molecule has 0 aliphatic carbocycles. The maximum Gasteiger partial charge on any atom is 0.337 e. The minimum atomic E-state index is -0.431. The van der Waals surface area contributed by atoms with Gasteiger partial charge >= 0.3 is 5.97 Å². The summed E-state index contributed by atoms with van der Waals surface area (Å²) >= 11 is 0. The number of hydrogen-bond acceptors (Lipinski definition) is 4. The third-order valence-corrected chi connectivity index (χ3v) is 6.23. The van der Waals surface area contributed by atoms with Crippen LogP contribution >= 0.6 is 0 Å². The summed E-state index contributed by atoms with van der Waals surface area (Å²) in [6.45, 7) is 2.71. The number of piperidine rings is 1. The fraction of sp³-hybridized carbons (Fsp3) is 0.455. The fourth-order valence-electron chi connectivity index (χ4n) is 4.95. The number of amides is 1. The molecule has 2 aliphatic rings. The minimum absolute atomic E-state index is 0.0682. The lowest BCUT2D eigenvalue weighted by molar-refractivity contribution is -0.146. The highest BCUT2D eigenvalue weighted by Crippen LogP contribution is 2.46. The highest BCUT2D eigenvalue weighted by molar-refractivity contribution is 5.92. The first-order chi connectivity index (χ1) is 13.6. The van der Waals surface area contributed by atoms with Crippen LogP contribution in [0.3, 0.4) is 0 Å². The van der Waals surface area contributed by atoms with Crippen LogP contribution in [0.4, 0.5) is 0 Å². The molecule has 6 heteroatoms. The van der Waals surface area contributed by atoms with Crippen LogP contribution in [0.5, 0.6) is 0 Å². The van der Waals surface area contributed by atoms with Crippen molar-refractivity contribution in [3.63, 3.8) is 0 Å².